The van der Waals surface area contributed by atoms with Crippen LogP contribution in [0.2, 0.25) is 0 Å². The minimum absolute atomic E-state index is 0.0281. The Morgan fingerprint density at radius 1 is 0.984 bits per heavy atom. The summed E-state index contributed by atoms with van der Waals surface area (Å²) >= 11 is 0. The van der Waals surface area contributed by atoms with Crippen molar-refractivity contribution in [2.24, 2.45) is 11.7 Å². The van der Waals surface area contributed by atoms with Gasteiger partial charge in [0.25, 0.3) is 5.91 Å². The molecule has 0 bridgehead atoms. The number of anilines is 5. The lowest BCUT2D eigenvalue weighted by atomic mass is 9.90. The Bertz CT molecular complexity index is 2120. The van der Waals surface area contributed by atoms with E-state index in [0.29, 0.717) is 84.8 Å². The molecule has 1 aromatic heterocycles. The standard InChI is InChI=1S/C44H58FN11O5/c1-4-35-43(60)52(2)37-25-47-44(50-40(37)56(35)30-7-5-6-8-30)48-34-12-9-29(24-38(34)61-3)41(58)51-55-17-15-27(16-18-55)33(46)26-53-19-21-54(22-20-53)36-13-10-28(23-32(36)45)31-11-14-39(57)49-42(31)59/h9-10,12-13,23-25,27,30-31,33,35H,4-8,11,14-22,26,46H2,1-3H3,(H,51,58)(H,47,48,50)(H,49,57,59)/t31?,33?,35-/m1/s1. The summed E-state index contributed by atoms with van der Waals surface area (Å²) < 4.78 is 21.0. The van der Waals surface area contributed by atoms with Crippen LogP contribution in [0.3, 0.4) is 0 Å². The predicted molar refractivity (Wildman–Crippen MR) is 230 cm³/mol. The van der Waals surface area contributed by atoms with Gasteiger partial charge in [-0.05, 0) is 80.3 Å². The summed E-state index contributed by atoms with van der Waals surface area (Å²) in [5.74, 6) is 0.202. The molecule has 2 unspecified atom stereocenters. The van der Waals surface area contributed by atoms with Crippen LogP contribution in [-0.4, -0.2) is 122 Å². The molecule has 0 spiro atoms. The number of likely N-dealkylation sites (N-methyl/N-ethyl adjacent to an activating group) is 1. The molecule has 4 aliphatic heterocycles. The number of nitrogens with zero attached hydrogens (tertiary/aromatic N) is 7. The SMILES string of the molecule is CC[C@@H]1C(=O)N(C)c2cnc(Nc3ccc(C(=O)NN4CCC(C(N)CN5CCN(c6ccc(C7CCC(=O)NC7=O)cc6F)CC5)CC4)cc3OC)nc2N1C1CCCC1. The lowest BCUT2D eigenvalue weighted by molar-refractivity contribution is -0.134. The molecule has 5 N–H and O–H groups in total. The number of amides is 4. The first-order valence-electron chi connectivity index (χ1n) is 21.8. The van der Waals surface area contributed by atoms with E-state index < -0.39 is 5.92 Å². The number of ether oxygens (including phenoxy) is 1. The number of hydrogen-bond acceptors (Lipinski definition) is 13. The molecule has 61 heavy (non-hydrogen) atoms. The zero-order valence-electron chi connectivity index (χ0n) is 35.4. The molecule has 1 aliphatic carbocycles. The minimum atomic E-state index is -0.517. The highest BCUT2D eigenvalue weighted by Gasteiger charge is 2.41. The molecule has 1 saturated carbocycles. The van der Waals surface area contributed by atoms with Gasteiger partial charge in [0.2, 0.25) is 23.7 Å². The molecule has 3 saturated heterocycles. The number of piperidine rings is 2. The lowest BCUT2D eigenvalue weighted by Crippen LogP contribution is -2.55. The number of nitrogens with two attached hydrogens (primary N) is 1. The smallest absolute Gasteiger partial charge is 0.265 e. The number of carbonyl (C=O) groups is 4. The Hall–Kier alpha value is -5.39. The summed E-state index contributed by atoms with van der Waals surface area (Å²) in [6.45, 7) is 6.98. The Balaban J connectivity index is 0.810. The number of benzene rings is 2. The summed E-state index contributed by atoms with van der Waals surface area (Å²) in [5.41, 5.74) is 12.7. The van der Waals surface area contributed by atoms with Gasteiger partial charge in [0.05, 0.1) is 30.6 Å². The third kappa shape index (κ3) is 9.00. The second kappa shape index (κ2) is 18.3. The fraction of sp³-hybridized carbons (Fsp3) is 0.545. The van der Waals surface area contributed by atoms with Gasteiger partial charge in [-0.1, -0.05) is 25.8 Å². The predicted octanol–water partition coefficient (Wildman–Crippen LogP) is 3.90. The van der Waals surface area contributed by atoms with Gasteiger partial charge in [-0.25, -0.2) is 14.4 Å². The van der Waals surface area contributed by atoms with Gasteiger partial charge in [0.15, 0.2) is 5.82 Å². The highest BCUT2D eigenvalue weighted by Crippen LogP contribution is 2.40. The second-order valence-corrected chi connectivity index (χ2v) is 17.0. The minimum Gasteiger partial charge on any atom is -0.495 e. The molecule has 8 rings (SSSR count). The lowest BCUT2D eigenvalue weighted by Gasteiger charge is -2.43. The average Bonchev–Trinajstić information content (AvgIpc) is 3.80. The maximum absolute atomic E-state index is 15.3. The van der Waals surface area contributed by atoms with E-state index in [1.54, 1.807) is 55.6 Å². The fourth-order valence-electron chi connectivity index (χ4n) is 9.77. The number of halogens is 1. The van der Waals surface area contributed by atoms with Crippen LogP contribution in [0, 0.1) is 11.7 Å². The quantitative estimate of drug-likeness (QED) is 0.193. The van der Waals surface area contributed by atoms with E-state index in [1.807, 2.05) is 16.8 Å². The number of carbonyl (C=O) groups excluding carboxylic acids is 4. The van der Waals surface area contributed by atoms with Crippen molar-refractivity contribution in [2.75, 3.05) is 80.0 Å². The first kappa shape index (κ1) is 42.3. The van der Waals surface area contributed by atoms with Crippen molar-refractivity contribution in [3.05, 3.63) is 59.5 Å². The van der Waals surface area contributed by atoms with Crippen molar-refractivity contribution in [2.45, 2.75) is 88.8 Å². The van der Waals surface area contributed by atoms with E-state index in [4.69, 9.17) is 15.5 Å². The third-order valence-electron chi connectivity index (χ3n) is 13.3. The molecular weight excluding hydrogens is 782 g/mol. The maximum atomic E-state index is 15.3. The third-order valence-corrected chi connectivity index (χ3v) is 13.3. The van der Waals surface area contributed by atoms with Gasteiger partial charge in [0, 0.05) is 76.9 Å². The number of hydrogen-bond donors (Lipinski definition) is 4. The van der Waals surface area contributed by atoms with Gasteiger partial charge in [0.1, 0.15) is 23.3 Å². The van der Waals surface area contributed by atoms with E-state index in [1.165, 1.54) is 6.07 Å². The number of nitrogens with one attached hydrogen (secondary N) is 3. The van der Waals surface area contributed by atoms with Crippen molar-refractivity contribution < 1.29 is 28.3 Å². The number of methoxy groups -OCH3 is 1. The number of piperazine rings is 1. The van der Waals surface area contributed by atoms with Crippen LogP contribution < -0.4 is 41.2 Å². The van der Waals surface area contributed by atoms with Crippen LogP contribution in [0.5, 0.6) is 5.75 Å². The number of imide groups is 1. The van der Waals surface area contributed by atoms with Crippen LogP contribution >= 0.6 is 0 Å². The molecule has 2 aromatic carbocycles. The van der Waals surface area contributed by atoms with Crippen molar-refractivity contribution in [1.29, 1.82) is 0 Å². The Morgan fingerprint density at radius 3 is 2.43 bits per heavy atom. The molecule has 0 radical (unpaired) electrons. The van der Waals surface area contributed by atoms with Crippen LogP contribution in [0.1, 0.15) is 86.6 Å². The molecule has 5 aliphatic rings. The van der Waals surface area contributed by atoms with E-state index >= 15 is 4.39 Å². The highest BCUT2D eigenvalue weighted by molar-refractivity contribution is 6.04. The van der Waals surface area contributed by atoms with Crippen LogP contribution in [0.15, 0.2) is 42.6 Å². The van der Waals surface area contributed by atoms with Gasteiger partial charge in [-0.2, -0.15) is 4.98 Å². The number of rotatable bonds is 12. The summed E-state index contributed by atoms with van der Waals surface area (Å²) in [7, 11) is 3.34. The first-order chi connectivity index (χ1) is 29.5. The number of aromatic nitrogens is 2. The molecular formula is C44H58FN11O5. The summed E-state index contributed by atoms with van der Waals surface area (Å²) in [5, 5.41) is 7.59. The molecule has 16 nitrogen and oxygen atoms in total. The topological polar surface area (TPSA) is 182 Å². The first-order valence-corrected chi connectivity index (χ1v) is 21.8. The van der Waals surface area contributed by atoms with E-state index in [9.17, 15) is 19.2 Å². The highest BCUT2D eigenvalue weighted by atomic mass is 19.1. The second-order valence-electron chi connectivity index (χ2n) is 17.0. The average molecular weight is 840 g/mol. The molecule has 17 heteroatoms. The van der Waals surface area contributed by atoms with Gasteiger partial charge in [-0.15, -0.1) is 0 Å². The zero-order valence-corrected chi connectivity index (χ0v) is 35.4. The maximum Gasteiger partial charge on any atom is 0.265 e. The zero-order chi connectivity index (χ0) is 42.8. The van der Waals surface area contributed by atoms with Crippen LogP contribution in [-0.2, 0) is 14.4 Å². The molecule has 4 amide bonds. The van der Waals surface area contributed by atoms with Crippen molar-refractivity contribution in [1.82, 2.24) is 30.6 Å². The van der Waals surface area contributed by atoms with Crippen LogP contribution in [0.4, 0.5) is 33.2 Å². The Labute approximate surface area is 356 Å². The monoisotopic (exact) mass is 839 g/mol. The fourth-order valence-corrected chi connectivity index (χ4v) is 9.77. The number of hydrazine groups is 1. The summed E-state index contributed by atoms with van der Waals surface area (Å²) in [6, 6.07) is 10.2. The van der Waals surface area contributed by atoms with E-state index in [-0.39, 0.29) is 54.0 Å². The van der Waals surface area contributed by atoms with Gasteiger partial charge < -0.3 is 30.5 Å². The molecule has 5 heterocycles. The molecule has 4 fully saturated rings. The Morgan fingerprint density at radius 2 is 1.74 bits per heavy atom. The summed E-state index contributed by atoms with van der Waals surface area (Å²) in [4.78, 5) is 68.3. The van der Waals surface area contributed by atoms with E-state index in [2.05, 4.69) is 30.8 Å². The molecule has 3 aromatic rings. The summed E-state index contributed by atoms with van der Waals surface area (Å²) in [6.07, 6.45) is 9.06. The van der Waals surface area contributed by atoms with Crippen molar-refractivity contribution in [3.8, 4) is 5.75 Å². The van der Waals surface area contributed by atoms with Crippen molar-refractivity contribution >= 4 is 52.5 Å². The Kier molecular flexibility index (Phi) is 12.7. The van der Waals surface area contributed by atoms with E-state index in [0.717, 1.165) is 64.0 Å². The number of fused-ring (bicyclic) bond motifs is 1. The van der Waals surface area contributed by atoms with Crippen molar-refractivity contribution in [3.63, 3.8) is 0 Å². The van der Waals surface area contributed by atoms with Crippen LogP contribution in [0.25, 0.3) is 0 Å². The van der Waals surface area contributed by atoms with Gasteiger partial charge in [-0.3, -0.25) is 34.8 Å². The molecule has 3 atom stereocenters. The normalized spacial score (nSPS) is 22.6. The largest absolute Gasteiger partial charge is 0.495 e. The van der Waals surface area contributed by atoms with Gasteiger partial charge >= 0.3 is 0 Å². The molecule has 326 valence electrons.